The summed E-state index contributed by atoms with van der Waals surface area (Å²) >= 11 is 0. The number of nitrogen functional groups attached to an aromatic ring is 4. The van der Waals surface area contributed by atoms with Crippen LogP contribution in [0.15, 0.2) is 145 Å². The third-order valence-corrected chi connectivity index (χ3v) is 25.2. The molecule has 16 N–H and O–H groups in total. The van der Waals surface area contributed by atoms with Gasteiger partial charge in [0.05, 0.1) is 66.6 Å². The molecule has 8 heterocycles. The number of hydrogen-bond donors (Lipinski definition) is 12. The van der Waals surface area contributed by atoms with Gasteiger partial charge in [-0.25, -0.2) is 59.3 Å². The zero-order valence-corrected chi connectivity index (χ0v) is 77.5. The number of likely N-dealkylation sites (N-methyl/N-ethyl adjacent to an activating group) is 1. The molecule has 3 amide bonds. The van der Waals surface area contributed by atoms with Crippen molar-refractivity contribution in [3.05, 3.63) is 236 Å². The molecule has 1 unspecified atom stereocenters. The van der Waals surface area contributed by atoms with E-state index in [9.17, 15) is 44.7 Å². The number of aliphatic hydroxyl groups excluding tert-OH is 6. The van der Waals surface area contributed by atoms with Gasteiger partial charge in [-0.05, 0) is 176 Å². The van der Waals surface area contributed by atoms with Crippen molar-refractivity contribution in [1.29, 1.82) is 0 Å². The topological polar surface area (TPSA) is 461 Å². The second kappa shape index (κ2) is 45.2. The maximum absolute atomic E-state index is 13.7. The fourth-order valence-corrected chi connectivity index (χ4v) is 18.5. The smallest absolute Gasteiger partial charge is 0.252 e. The average molecular weight is 1830 g/mol. The van der Waals surface area contributed by atoms with E-state index in [0.717, 1.165) is 93.3 Å². The largest absolute Gasteiger partial charge is 0.396 e. The number of amides is 3. The van der Waals surface area contributed by atoms with Crippen molar-refractivity contribution in [3.8, 4) is 44.5 Å². The summed E-state index contributed by atoms with van der Waals surface area (Å²) in [6, 6.07) is 31.7. The van der Waals surface area contributed by atoms with Gasteiger partial charge >= 0.3 is 0 Å². The predicted octanol–water partition coefficient (Wildman–Crippen LogP) is 14.1. The minimum atomic E-state index is -0.847. The van der Waals surface area contributed by atoms with Gasteiger partial charge in [0, 0.05) is 123 Å². The van der Waals surface area contributed by atoms with Crippen molar-refractivity contribution in [3.63, 3.8) is 0 Å². The van der Waals surface area contributed by atoms with Crippen LogP contribution < -0.4 is 33.6 Å². The fraction of sp³-hybridized carbons (Fsp3) is 0.373. The number of carbonyl (C=O) groups excluding carboxylic acids is 4. The Bertz CT molecular complexity index is 6610. The molecule has 135 heavy (non-hydrogen) atoms. The molecule has 4 aromatic carbocycles. The number of aliphatic hydroxyl groups is 6. The quantitative estimate of drug-likeness (QED) is 0.0134. The van der Waals surface area contributed by atoms with Gasteiger partial charge in [0.25, 0.3) is 34.8 Å². The van der Waals surface area contributed by atoms with E-state index in [2.05, 4.69) is 69.9 Å². The number of nitrogens with two attached hydrogens (primary N) is 4. The van der Waals surface area contributed by atoms with Crippen molar-refractivity contribution in [2.75, 3.05) is 76.2 Å². The molecular weight excluding hydrogens is 1710 g/mol. The first kappa shape index (κ1) is 99.3. The van der Waals surface area contributed by atoms with E-state index in [1.54, 1.807) is 19.1 Å². The second-order valence-corrected chi connectivity index (χ2v) is 35.0. The van der Waals surface area contributed by atoms with Crippen LogP contribution in [0.25, 0.3) is 132 Å². The fourth-order valence-electron chi connectivity index (χ4n) is 18.5. The van der Waals surface area contributed by atoms with Gasteiger partial charge < -0.3 is 92.2 Å². The first-order valence-corrected chi connectivity index (χ1v) is 45.4. The molecule has 4 aliphatic carbocycles. The minimum absolute atomic E-state index is 0.00540. The van der Waals surface area contributed by atoms with Crippen LogP contribution in [0.1, 0.15) is 156 Å². The molecule has 33 heteroatoms. The Morgan fingerprint density at radius 2 is 0.741 bits per heavy atom. The molecule has 1 atom stereocenters. The molecular formula is C102H117N23O10. The third-order valence-electron chi connectivity index (χ3n) is 25.2. The van der Waals surface area contributed by atoms with Crippen LogP contribution >= 0.6 is 0 Å². The summed E-state index contributed by atoms with van der Waals surface area (Å²) in [6.45, 7) is 45.8. The highest BCUT2D eigenvalue weighted by Gasteiger charge is 2.52. The molecule has 33 nitrogen and oxygen atoms in total. The number of allylic oxidation sites excluding steroid dienone is 1. The van der Waals surface area contributed by atoms with Crippen LogP contribution in [0.4, 0.5) is 23.3 Å². The highest BCUT2D eigenvalue weighted by molar-refractivity contribution is 6.12. The van der Waals surface area contributed by atoms with Crippen LogP contribution in [0, 0.1) is 71.7 Å². The Morgan fingerprint density at radius 1 is 0.444 bits per heavy atom. The Balaban J connectivity index is 0.000000163. The molecule has 4 fully saturated rings. The van der Waals surface area contributed by atoms with E-state index in [0.29, 0.717) is 167 Å². The third kappa shape index (κ3) is 22.3. The lowest BCUT2D eigenvalue weighted by Gasteiger charge is -2.57. The monoisotopic (exact) mass is 1820 g/mol. The number of carbonyl (C=O) groups is 4. The van der Waals surface area contributed by atoms with Crippen molar-refractivity contribution in [1.82, 2.24) is 73.7 Å². The van der Waals surface area contributed by atoms with E-state index in [1.165, 1.54) is 68.7 Å². The van der Waals surface area contributed by atoms with Gasteiger partial charge in [0.1, 0.15) is 71.2 Å². The number of nitrogens with one attached hydrogen (secondary N) is 2. The lowest BCUT2D eigenvalue weighted by Crippen LogP contribution is -2.59. The van der Waals surface area contributed by atoms with Gasteiger partial charge in [0.15, 0.2) is 5.78 Å². The van der Waals surface area contributed by atoms with Gasteiger partial charge in [-0.15, -0.1) is 0 Å². The zero-order valence-electron chi connectivity index (χ0n) is 77.5. The first-order valence-electron chi connectivity index (χ1n) is 45.4. The molecule has 4 aliphatic rings. The summed E-state index contributed by atoms with van der Waals surface area (Å²) in [6.07, 6.45) is 23.2. The molecule has 0 aliphatic heterocycles. The maximum Gasteiger partial charge on any atom is 0.252 e. The molecule has 16 rings (SSSR count). The minimum Gasteiger partial charge on any atom is -0.396 e. The Labute approximate surface area is 784 Å². The Hall–Kier alpha value is -14.7. The number of fused-ring (bicyclic) bond motifs is 4. The number of ketones is 1. The van der Waals surface area contributed by atoms with Crippen molar-refractivity contribution in [2.45, 2.75) is 176 Å². The molecule has 8 aromatic heterocycles. The van der Waals surface area contributed by atoms with Gasteiger partial charge in [-0.3, -0.25) is 14.4 Å². The van der Waals surface area contributed by atoms with Crippen LogP contribution in [-0.4, -0.2) is 181 Å². The maximum atomic E-state index is 13.7. The number of Topliss-reactive ketones (excluding diaryl/α,β-unsaturated/α-hetero) is 1. The molecule has 4 bridgehead atoms. The standard InChI is InChI=1S/C30H34N6O2.C25H30N6O3.C24H27N5O2.C23H26N6O3/c1-18-4-6-22(7-5-18)25-24(36(8-3-9-37)28-26(25)27(31)33-17-34-28)13-23(32-2)29(38)35-30-14-19-10-20(15-30)12-21(11-19)16-30;1-5-25(3,14-33)30-24(34)18(27-4)13-19-20(17-9-7-16(2)8-10-17)21-22(26)28-15-29-23(21)31(19)11-6-12-32;1-4-5-7-20(31)18(26-3)14-19-21(17-10-8-16(2)9-11-17)22-23(25)27-15-28-24(22)29(19)12-6-13-30;1-15-5-7-16(8-6-15)19-18(13-17(25-2)23(32)28(3)10-12-31)29(9-4-11-30)22-20(19)21(24)26-14-27-22/h4-7,13,17,19-21,37H,3,8-12,14-16H2,1H3,(H,35,38)(H2,31,33,34);7-10,13,15,32-33H,5-6,11-12,14H2,1-3H3,(H,30,34)(H2,26,28,29);8-11,14-15,30H,4-7,12-13H2,1-2H3,(H2,25,27,28);5-8,13-14,30-31H,4,9-12H2,1,3H3,(H2,24,26,27)/b23-13-;18-13-;18-14-;17-13-. The predicted molar refractivity (Wildman–Crippen MR) is 526 cm³/mol. The summed E-state index contributed by atoms with van der Waals surface area (Å²) in [5.74, 6) is 1.75. The zero-order chi connectivity index (χ0) is 97.0. The molecule has 12 aromatic rings. The molecule has 700 valence electrons. The number of unbranched alkanes of at least 4 members (excludes halogenated alkanes) is 1. The molecule has 0 radical (unpaired) electrons. The number of benzene rings is 4. The number of anilines is 4. The van der Waals surface area contributed by atoms with Gasteiger partial charge in [-0.1, -0.05) is 140 Å². The number of nitrogens with zero attached hydrogens (tertiary/aromatic N) is 17. The summed E-state index contributed by atoms with van der Waals surface area (Å²) in [5, 5.41) is 65.5. The number of rotatable bonds is 33. The SMILES string of the molecule is [C-]#[N+]/C(=C\c1c(-c2ccc(C)cc2)c2c(N)ncnc2n1CCCO)C(=O)CCCC.[C-]#[N+]/C(=C\c1c(-c2ccc(C)cc2)c2c(N)ncnc2n1CCCO)C(=O)N(C)CCO.[C-]#[N+]/C(=C\c1c(-c2ccc(C)cc2)c2c(N)ncnc2n1CCCO)C(=O)NC(C)(CC)CO.[C-]#[N+]/C(=C\c1c(-c2ccc(C)cc2)c2c(N)ncnc2n1CCCO)C(=O)NC12CC3CC(CC(C3)C1)C2. The van der Waals surface area contributed by atoms with E-state index in [4.69, 9.17) is 54.3 Å². The van der Waals surface area contributed by atoms with Crippen LogP contribution in [0.3, 0.4) is 0 Å². The van der Waals surface area contributed by atoms with Crippen molar-refractivity contribution < 1.29 is 49.8 Å². The van der Waals surface area contributed by atoms with Gasteiger partial charge in [0.2, 0.25) is 5.70 Å². The average Bonchev–Trinajstić information content (AvgIpc) is 1.28. The summed E-state index contributed by atoms with van der Waals surface area (Å²) in [4.78, 5) is 102. The first-order chi connectivity index (χ1) is 65.1. The van der Waals surface area contributed by atoms with Gasteiger partial charge in [-0.2, -0.15) is 0 Å². The lowest BCUT2D eigenvalue weighted by molar-refractivity contribution is -0.126. The Morgan fingerprint density at radius 3 is 1.01 bits per heavy atom. The highest BCUT2D eigenvalue weighted by Crippen LogP contribution is 2.56. The normalized spacial score (nSPS) is 16.1. The molecule has 0 spiro atoms. The van der Waals surface area contributed by atoms with E-state index in [1.807, 2.05) is 157 Å². The van der Waals surface area contributed by atoms with Crippen LogP contribution in [0.2, 0.25) is 0 Å². The summed E-state index contributed by atoms with van der Waals surface area (Å²) in [7, 11) is 1.53. The number of hydrogen-bond acceptors (Lipinski definition) is 22. The number of aryl methyl sites for hydroxylation is 8. The Kier molecular flexibility index (Phi) is 33.2. The number of aromatic nitrogens is 12. The van der Waals surface area contributed by atoms with E-state index >= 15 is 0 Å². The molecule has 0 saturated heterocycles. The summed E-state index contributed by atoms with van der Waals surface area (Å²) in [5.41, 5.74) is 39.8. The van der Waals surface area contributed by atoms with Crippen LogP contribution in [-0.2, 0) is 45.4 Å². The highest BCUT2D eigenvalue weighted by atomic mass is 16.3. The van der Waals surface area contributed by atoms with Crippen molar-refractivity contribution in [2.24, 2.45) is 17.8 Å². The molecule has 4 saturated carbocycles. The second-order valence-electron chi connectivity index (χ2n) is 35.0. The van der Waals surface area contributed by atoms with Crippen LogP contribution in [0.5, 0.6) is 0 Å². The summed E-state index contributed by atoms with van der Waals surface area (Å²) < 4.78 is 7.56. The van der Waals surface area contributed by atoms with E-state index < -0.39 is 17.4 Å². The van der Waals surface area contributed by atoms with Crippen molar-refractivity contribution >= 4 is 115 Å². The lowest BCUT2D eigenvalue weighted by atomic mass is 9.53. The van der Waals surface area contributed by atoms with E-state index in [-0.39, 0.29) is 97.8 Å².